The van der Waals surface area contributed by atoms with Gasteiger partial charge in [0.05, 0.1) is 19.2 Å². The Morgan fingerprint density at radius 3 is 2.63 bits per heavy atom. The Bertz CT molecular complexity index is 1470. The summed E-state index contributed by atoms with van der Waals surface area (Å²) in [6.07, 6.45) is 0.485. The van der Waals surface area contributed by atoms with Crippen LogP contribution in [0.15, 0.2) is 66.7 Å². The van der Waals surface area contributed by atoms with Crippen molar-refractivity contribution in [1.82, 2.24) is 19.6 Å². The van der Waals surface area contributed by atoms with Gasteiger partial charge in [-0.15, -0.1) is 5.10 Å². The number of hydrogen-bond donors (Lipinski definition) is 3. The molecule has 0 aliphatic rings. The zero-order valence-corrected chi connectivity index (χ0v) is 19.3. The van der Waals surface area contributed by atoms with Crippen LogP contribution in [-0.2, 0) is 13.0 Å². The quantitative estimate of drug-likeness (QED) is 0.300. The Kier molecular flexibility index (Phi) is 6.32. The summed E-state index contributed by atoms with van der Waals surface area (Å²) in [6, 6.07) is 21.6. The van der Waals surface area contributed by atoms with E-state index in [1.165, 1.54) is 0 Å². The highest BCUT2D eigenvalue weighted by Gasteiger charge is 2.15. The number of fused-ring (bicyclic) bond motifs is 3. The van der Waals surface area contributed by atoms with Gasteiger partial charge in [0.2, 0.25) is 5.95 Å². The molecule has 0 fully saturated rings. The number of aliphatic hydroxyl groups excluding tert-OH is 1. The van der Waals surface area contributed by atoms with Gasteiger partial charge < -0.3 is 25.6 Å². The van der Waals surface area contributed by atoms with Crippen LogP contribution in [0.1, 0.15) is 17.0 Å². The lowest BCUT2D eigenvalue weighted by molar-refractivity contribution is 0.284. The lowest BCUT2D eigenvalue weighted by Crippen LogP contribution is -2.07. The predicted octanol–water partition coefficient (Wildman–Crippen LogP) is 3.44. The number of aromatic nitrogens is 4. The average Bonchev–Trinajstić information content (AvgIpc) is 3.29. The number of nitrogens with zero attached hydrogens (tertiary/aromatic N) is 4. The first-order valence-corrected chi connectivity index (χ1v) is 11.3. The van der Waals surface area contributed by atoms with Crippen molar-refractivity contribution in [2.24, 2.45) is 0 Å². The number of nitrogen functional groups attached to an aromatic ring is 1. The van der Waals surface area contributed by atoms with Crippen molar-refractivity contribution < 1.29 is 14.6 Å². The highest BCUT2D eigenvalue weighted by atomic mass is 16.5. The predicted molar refractivity (Wildman–Crippen MR) is 135 cm³/mol. The molecule has 5 aromatic rings. The third kappa shape index (κ3) is 4.80. The molecule has 0 aliphatic carbocycles. The first-order chi connectivity index (χ1) is 17.1. The van der Waals surface area contributed by atoms with Gasteiger partial charge in [-0.3, -0.25) is 0 Å². The second-order valence-corrected chi connectivity index (χ2v) is 8.05. The zero-order chi connectivity index (χ0) is 24.2. The molecule has 0 saturated heterocycles. The maximum atomic E-state index is 9.11. The van der Waals surface area contributed by atoms with Gasteiger partial charge in [0, 0.05) is 24.0 Å². The summed E-state index contributed by atoms with van der Waals surface area (Å²) >= 11 is 0. The first-order valence-electron chi connectivity index (χ1n) is 11.3. The van der Waals surface area contributed by atoms with E-state index >= 15 is 0 Å². The van der Waals surface area contributed by atoms with Gasteiger partial charge in [0.15, 0.2) is 17.1 Å². The van der Waals surface area contributed by atoms with Crippen molar-refractivity contribution in [2.75, 3.05) is 31.3 Å². The van der Waals surface area contributed by atoms with Crippen LogP contribution in [0.3, 0.4) is 0 Å². The van der Waals surface area contributed by atoms with Gasteiger partial charge >= 0.3 is 0 Å². The summed E-state index contributed by atoms with van der Waals surface area (Å²) < 4.78 is 13.3. The monoisotopic (exact) mass is 470 g/mol. The lowest BCUT2D eigenvalue weighted by Gasteiger charge is -2.13. The second-order valence-electron chi connectivity index (χ2n) is 8.05. The van der Waals surface area contributed by atoms with E-state index in [0.717, 1.165) is 27.7 Å². The summed E-state index contributed by atoms with van der Waals surface area (Å²) in [5.41, 5.74) is 10.3. The van der Waals surface area contributed by atoms with Crippen LogP contribution in [-0.4, -0.2) is 45.0 Å². The van der Waals surface area contributed by atoms with Crippen molar-refractivity contribution in [3.8, 4) is 11.5 Å². The molecule has 5 rings (SSSR count). The summed E-state index contributed by atoms with van der Waals surface area (Å²) in [6.45, 7) is 0.953. The van der Waals surface area contributed by atoms with E-state index in [4.69, 9.17) is 25.3 Å². The number of methoxy groups -OCH3 is 1. The van der Waals surface area contributed by atoms with Crippen LogP contribution in [0.25, 0.3) is 16.6 Å². The van der Waals surface area contributed by atoms with E-state index in [1.807, 2.05) is 66.7 Å². The van der Waals surface area contributed by atoms with Crippen molar-refractivity contribution in [1.29, 1.82) is 0 Å². The van der Waals surface area contributed by atoms with Gasteiger partial charge in [0.1, 0.15) is 12.4 Å². The Labute approximate surface area is 202 Å². The second kappa shape index (κ2) is 9.86. The molecule has 0 unspecified atom stereocenters. The van der Waals surface area contributed by atoms with Crippen LogP contribution >= 0.6 is 0 Å². The standard InChI is InChI=1S/C26H26N6O3/c1-34-23-13-18(7-10-22(23)35-16-17-5-3-2-4-6-17)14-24-29-21-15-19(28-11-12-33)8-9-20(21)25-30-26(27)31-32(24)25/h2-10,13,15,28,33H,11-12,14,16H2,1H3,(H2,27,31). The molecule has 2 aromatic heterocycles. The lowest BCUT2D eigenvalue weighted by atomic mass is 10.1. The fourth-order valence-electron chi connectivity index (χ4n) is 3.97. The fourth-order valence-corrected chi connectivity index (χ4v) is 3.97. The van der Waals surface area contributed by atoms with Crippen molar-refractivity contribution in [3.63, 3.8) is 0 Å². The van der Waals surface area contributed by atoms with Crippen LogP contribution in [0.4, 0.5) is 11.6 Å². The number of aliphatic hydroxyl groups is 1. The van der Waals surface area contributed by atoms with Crippen molar-refractivity contribution >= 4 is 28.2 Å². The molecule has 35 heavy (non-hydrogen) atoms. The molecule has 4 N–H and O–H groups in total. The summed E-state index contributed by atoms with van der Waals surface area (Å²) in [5.74, 6) is 2.19. The molecule has 9 heteroatoms. The van der Waals surface area contributed by atoms with Gasteiger partial charge in [-0.1, -0.05) is 36.4 Å². The van der Waals surface area contributed by atoms with Gasteiger partial charge in [0.25, 0.3) is 0 Å². The minimum atomic E-state index is 0.0450. The number of nitrogens with one attached hydrogen (secondary N) is 1. The zero-order valence-electron chi connectivity index (χ0n) is 19.3. The molecule has 9 nitrogen and oxygen atoms in total. The Morgan fingerprint density at radius 2 is 1.83 bits per heavy atom. The minimum absolute atomic E-state index is 0.0450. The van der Waals surface area contributed by atoms with Crippen LogP contribution < -0.4 is 20.5 Å². The maximum Gasteiger partial charge on any atom is 0.240 e. The maximum absolute atomic E-state index is 9.11. The van der Waals surface area contributed by atoms with E-state index in [1.54, 1.807) is 11.6 Å². The molecule has 0 aliphatic heterocycles. The highest BCUT2D eigenvalue weighted by molar-refractivity contribution is 5.93. The smallest absolute Gasteiger partial charge is 0.240 e. The highest BCUT2D eigenvalue weighted by Crippen LogP contribution is 2.30. The Hall–Kier alpha value is -4.37. The number of benzene rings is 3. The van der Waals surface area contributed by atoms with Gasteiger partial charge in [-0.05, 0) is 41.5 Å². The van der Waals surface area contributed by atoms with E-state index in [0.29, 0.717) is 42.5 Å². The molecule has 2 heterocycles. The number of hydrogen-bond acceptors (Lipinski definition) is 8. The molecule has 0 spiro atoms. The number of ether oxygens (including phenoxy) is 2. The molecule has 0 amide bonds. The summed E-state index contributed by atoms with van der Waals surface area (Å²) in [5, 5.41) is 17.5. The molecular formula is C26H26N6O3. The normalized spacial score (nSPS) is 11.1. The fraction of sp³-hybridized carbons (Fsp3) is 0.192. The molecular weight excluding hydrogens is 444 g/mol. The number of anilines is 2. The third-order valence-corrected chi connectivity index (χ3v) is 5.62. The van der Waals surface area contributed by atoms with Gasteiger partial charge in [-0.25, -0.2) is 4.98 Å². The first kappa shape index (κ1) is 22.4. The SMILES string of the molecule is COc1cc(Cc2nc3cc(NCCO)ccc3c3nc(N)nn23)ccc1OCc1ccccc1. The topological polar surface area (TPSA) is 120 Å². The molecule has 0 saturated carbocycles. The molecule has 178 valence electrons. The molecule has 0 atom stereocenters. The van der Waals surface area contributed by atoms with E-state index < -0.39 is 0 Å². The van der Waals surface area contributed by atoms with Crippen LogP contribution in [0, 0.1) is 0 Å². The Balaban J connectivity index is 1.46. The van der Waals surface area contributed by atoms with Gasteiger partial charge in [-0.2, -0.15) is 9.50 Å². The van der Waals surface area contributed by atoms with E-state index in [-0.39, 0.29) is 12.6 Å². The number of rotatable bonds is 9. The average molecular weight is 471 g/mol. The third-order valence-electron chi connectivity index (χ3n) is 5.62. The Morgan fingerprint density at radius 1 is 0.971 bits per heavy atom. The summed E-state index contributed by atoms with van der Waals surface area (Å²) in [7, 11) is 1.62. The van der Waals surface area contributed by atoms with Crippen molar-refractivity contribution in [2.45, 2.75) is 13.0 Å². The molecule has 0 radical (unpaired) electrons. The minimum Gasteiger partial charge on any atom is -0.493 e. The largest absolute Gasteiger partial charge is 0.493 e. The van der Waals surface area contributed by atoms with E-state index in [9.17, 15) is 0 Å². The van der Waals surface area contributed by atoms with Crippen LogP contribution in [0.2, 0.25) is 0 Å². The summed E-state index contributed by atoms with van der Waals surface area (Å²) in [4.78, 5) is 9.29. The molecule has 3 aromatic carbocycles. The molecule has 0 bridgehead atoms. The van der Waals surface area contributed by atoms with Crippen molar-refractivity contribution in [3.05, 3.63) is 83.7 Å². The van der Waals surface area contributed by atoms with Crippen LogP contribution in [0.5, 0.6) is 11.5 Å². The van der Waals surface area contributed by atoms with E-state index in [2.05, 4.69) is 15.4 Å². The number of nitrogens with two attached hydrogens (primary N) is 1.